The van der Waals surface area contributed by atoms with E-state index in [9.17, 15) is 5.11 Å². The highest BCUT2D eigenvalue weighted by Crippen LogP contribution is 2.27. The van der Waals surface area contributed by atoms with Gasteiger partial charge in [-0.25, -0.2) is 0 Å². The average molecular weight is 263 g/mol. The van der Waals surface area contributed by atoms with Crippen LogP contribution in [0.15, 0.2) is 29.6 Å². The lowest BCUT2D eigenvalue weighted by atomic mass is 9.94. The molecule has 0 radical (unpaired) electrons. The van der Waals surface area contributed by atoms with Gasteiger partial charge in [0.2, 0.25) is 0 Å². The van der Waals surface area contributed by atoms with Crippen LogP contribution >= 0.6 is 11.3 Å². The molecule has 0 saturated carbocycles. The molecule has 0 aliphatic carbocycles. The van der Waals surface area contributed by atoms with Crippen LogP contribution in [-0.2, 0) is 6.54 Å². The van der Waals surface area contributed by atoms with Crippen molar-refractivity contribution in [3.8, 4) is 0 Å². The van der Waals surface area contributed by atoms with Crippen molar-refractivity contribution in [1.29, 1.82) is 0 Å². The predicted octanol–water partition coefficient (Wildman–Crippen LogP) is 3.35. The van der Waals surface area contributed by atoms with Crippen LogP contribution in [0, 0.1) is 5.41 Å². The zero-order valence-electron chi connectivity index (χ0n) is 11.3. The molecule has 0 unspecified atom stereocenters. The number of hydrogen-bond donors (Lipinski definition) is 1. The van der Waals surface area contributed by atoms with E-state index in [1.165, 1.54) is 15.6 Å². The number of rotatable bonds is 5. The van der Waals surface area contributed by atoms with Crippen molar-refractivity contribution in [3.05, 3.63) is 35.2 Å². The fourth-order valence-electron chi connectivity index (χ4n) is 2.28. The van der Waals surface area contributed by atoms with E-state index < -0.39 is 0 Å². The molecule has 0 aliphatic heterocycles. The van der Waals surface area contributed by atoms with Gasteiger partial charge in [-0.05, 0) is 29.4 Å². The van der Waals surface area contributed by atoms with Gasteiger partial charge in [-0.2, -0.15) is 0 Å². The summed E-state index contributed by atoms with van der Waals surface area (Å²) in [6.45, 7) is 6.24. The topological polar surface area (TPSA) is 23.5 Å². The van der Waals surface area contributed by atoms with E-state index in [4.69, 9.17) is 0 Å². The Hall–Kier alpha value is -0.900. The summed E-state index contributed by atoms with van der Waals surface area (Å²) in [6, 6.07) is 8.53. The number of aliphatic hydroxyl groups excluding tert-OH is 1. The van der Waals surface area contributed by atoms with Crippen LogP contribution in [0.2, 0.25) is 0 Å². The largest absolute Gasteiger partial charge is 0.396 e. The van der Waals surface area contributed by atoms with Crippen LogP contribution in [-0.4, -0.2) is 30.2 Å². The highest BCUT2D eigenvalue weighted by molar-refractivity contribution is 7.17. The van der Waals surface area contributed by atoms with E-state index >= 15 is 0 Å². The van der Waals surface area contributed by atoms with Gasteiger partial charge >= 0.3 is 0 Å². The van der Waals surface area contributed by atoms with Crippen LogP contribution in [0.4, 0.5) is 0 Å². The smallest absolute Gasteiger partial charge is 0.0494 e. The first kappa shape index (κ1) is 13.5. The maximum atomic E-state index is 9.32. The summed E-state index contributed by atoms with van der Waals surface area (Å²) in [7, 11) is 2.11. The SMILES string of the molecule is CN(Cc1csc2ccccc12)CC(C)(C)CO. The average Bonchev–Trinajstić information content (AvgIpc) is 2.72. The van der Waals surface area contributed by atoms with Gasteiger partial charge in [-0.1, -0.05) is 32.0 Å². The molecule has 1 N–H and O–H groups in total. The second kappa shape index (κ2) is 5.39. The molecule has 0 fully saturated rings. The summed E-state index contributed by atoms with van der Waals surface area (Å²) in [5.74, 6) is 0. The van der Waals surface area contributed by atoms with Crippen LogP contribution in [0.5, 0.6) is 0 Å². The summed E-state index contributed by atoms with van der Waals surface area (Å²) in [5, 5.41) is 12.9. The van der Waals surface area contributed by atoms with Crippen molar-refractivity contribution in [2.45, 2.75) is 20.4 Å². The first-order valence-electron chi connectivity index (χ1n) is 6.26. The van der Waals surface area contributed by atoms with Gasteiger partial charge in [0.15, 0.2) is 0 Å². The predicted molar refractivity (Wildman–Crippen MR) is 79.0 cm³/mol. The molecular formula is C15H21NOS. The molecule has 0 saturated heterocycles. The molecule has 98 valence electrons. The fraction of sp³-hybridized carbons (Fsp3) is 0.467. The fourth-order valence-corrected chi connectivity index (χ4v) is 3.24. The molecule has 0 aliphatic rings. The van der Waals surface area contributed by atoms with E-state index in [1.54, 1.807) is 11.3 Å². The molecule has 0 atom stereocenters. The number of aliphatic hydroxyl groups is 1. The molecule has 1 aromatic heterocycles. The molecule has 3 heteroatoms. The van der Waals surface area contributed by atoms with Gasteiger partial charge in [-0.3, -0.25) is 0 Å². The lowest BCUT2D eigenvalue weighted by molar-refractivity contribution is 0.113. The molecule has 1 heterocycles. The summed E-state index contributed by atoms with van der Waals surface area (Å²) < 4.78 is 1.35. The number of hydrogen-bond acceptors (Lipinski definition) is 3. The minimum Gasteiger partial charge on any atom is -0.396 e. The van der Waals surface area contributed by atoms with E-state index in [-0.39, 0.29) is 12.0 Å². The highest BCUT2D eigenvalue weighted by Gasteiger charge is 2.19. The van der Waals surface area contributed by atoms with Crippen molar-refractivity contribution in [2.24, 2.45) is 5.41 Å². The number of nitrogens with zero attached hydrogens (tertiary/aromatic N) is 1. The Balaban J connectivity index is 2.09. The summed E-state index contributed by atoms with van der Waals surface area (Å²) in [6.07, 6.45) is 0. The van der Waals surface area contributed by atoms with Crippen LogP contribution < -0.4 is 0 Å². The first-order chi connectivity index (χ1) is 8.52. The Morgan fingerprint density at radius 3 is 2.72 bits per heavy atom. The zero-order chi connectivity index (χ0) is 13.2. The van der Waals surface area contributed by atoms with E-state index in [0.717, 1.165) is 13.1 Å². The Kier molecular flexibility index (Phi) is 4.05. The van der Waals surface area contributed by atoms with Gasteiger partial charge in [0, 0.05) is 29.8 Å². The van der Waals surface area contributed by atoms with Gasteiger partial charge in [0.1, 0.15) is 0 Å². The number of benzene rings is 1. The van der Waals surface area contributed by atoms with Gasteiger partial charge < -0.3 is 10.0 Å². The minimum absolute atomic E-state index is 0.0411. The zero-order valence-corrected chi connectivity index (χ0v) is 12.1. The standard InChI is InChI=1S/C15H21NOS/c1-15(2,11-17)10-16(3)8-12-9-18-14-7-5-4-6-13(12)14/h4-7,9,17H,8,10-11H2,1-3H3. The van der Waals surface area contributed by atoms with Crippen molar-refractivity contribution < 1.29 is 5.11 Å². The van der Waals surface area contributed by atoms with E-state index in [0.29, 0.717) is 0 Å². The van der Waals surface area contributed by atoms with Gasteiger partial charge in [0.25, 0.3) is 0 Å². The van der Waals surface area contributed by atoms with Crippen molar-refractivity contribution in [1.82, 2.24) is 4.90 Å². The van der Waals surface area contributed by atoms with Crippen LogP contribution in [0.1, 0.15) is 19.4 Å². The Morgan fingerprint density at radius 1 is 1.28 bits per heavy atom. The molecule has 0 bridgehead atoms. The maximum Gasteiger partial charge on any atom is 0.0494 e. The quantitative estimate of drug-likeness (QED) is 0.894. The molecule has 2 rings (SSSR count). The maximum absolute atomic E-state index is 9.32. The van der Waals surface area contributed by atoms with E-state index in [1.807, 2.05) is 0 Å². The summed E-state index contributed by atoms with van der Waals surface area (Å²) in [5.41, 5.74) is 1.34. The van der Waals surface area contributed by atoms with Crippen molar-refractivity contribution >= 4 is 21.4 Å². The number of fused-ring (bicyclic) bond motifs is 1. The molecule has 0 amide bonds. The van der Waals surface area contributed by atoms with Crippen LogP contribution in [0.3, 0.4) is 0 Å². The Morgan fingerprint density at radius 2 is 2.00 bits per heavy atom. The van der Waals surface area contributed by atoms with Crippen LogP contribution in [0.25, 0.3) is 10.1 Å². The molecule has 18 heavy (non-hydrogen) atoms. The van der Waals surface area contributed by atoms with Crippen molar-refractivity contribution in [3.63, 3.8) is 0 Å². The highest BCUT2D eigenvalue weighted by atomic mass is 32.1. The minimum atomic E-state index is -0.0411. The second-order valence-corrected chi connectivity index (χ2v) is 6.66. The Bertz CT molecular complexity index is 518. The lowest BCUT2D eigenvalue weighted by Crippen LogP contribution is -2.33. The third-order valence-electron chi connectivity index (χ3n) is 3.13. The third kappa shape index (κ3) is 3.10. The molecular weight excluding hydrogens is 242 g/mol. The van der Waals surface area contributed by atoms with Gasteiger partial charge in [-0.15, -0.1) is 11.3 Å². The lowest BCUT2D eigenvalue weighted by Gasteiger charge is -2.28. The summed E-state index contributed by atoms with van der Waals surface area (Å²) >= 11 is 1.80. The second-order valence-electron chi connectivity index (χ2n) is 5.75. The third-order valence-corrected chi connectivity index (χ3v) is 4.14. The summed E-state index contributed by atoms with van der Waals surface area (Å²) in [4.78, 5) is 2.28. The number of thiophene rings is 1. The normalized spacial score (nSPS) is 12.5. The van der Waals surface area contributed by atoms with Crippen molar-refractivity contribution in [2.75, 3.05) is 20.2 Å². The molecule has 0 spiro atoms. The van der Waals surface area contributed by atoms with E-state index in [2.05, 4.69) is 55.4 Å². The van der Waals surface area contributed by atoms with Gasteiger partial charge in [0.05, 0.1) is 0 Å². The molecule has 1 aromatic carbocycles. The molecule has 2 nitrogen and oxygen atoms in total. The monoisotopic (exact) mass is 263 g/mol. The first-order valence-corrected chi connectivity index (χ1v) is 7.14. The Labute approximate surface area is 113 Å². The molecule has 2 aromatic rings.